The van der Waals surface area contributed by atoms with Crippen LogP contribution in [0.5, 0.6) is 5.75 Å². The standard InChI is InChI=1S/C16H20BrF2NO3/c1-16(2,3)23-15(21)20-8-6-10(7-9-20)22-12-5-4-11(17)13(18)14(12)19/h4-5,10H,6-9H2,1-3H3. The molecule has 128 valence electrons. The van der Waals surface area contributed by atoms with E-state index in [0.29, 0.717) is 25.9 Å². The summed E-state index contributed by atoms with van der Waals surface area (Å²) >= 11 is 2.92. The molecule has 1 aromatic carbocycles. The zero-order valence-corrected chi connectivity index (χ0v) is 15.0. The number of likely N-dealkylation sites (tertiary alicyclic amines) is 1. The first-order valence-corrected chi connectivity index (χ1v) is 8.25. The molecule has 1 fully saturated rings. The molecule has 0 aromatic heterocycles. The van der Waals surface area contributed by atoms with Gasteiger partial charge in [0.25, 0.3) is 0 Å². The van der Waals surface area contributed by atoms with Gasteiger partial charge in [0, 0.05) is 25.9 Å². The minimum atomic E-state index is -1.01. The Kier molecular flexibility index (Phi) is 5.49. The largest absolute Gasteiger partial charge is 0.487 e. The van der Waals surface area contributed by atoms with Crippen LogP contribution in [0.4, 0.5) is 13.6 Å². The number of hydrogen-bond acceptors (Lipinski definition) is 3. The molecule has 1 amide bonds. The summed E-state index contributed by atoms with van der Waals surface area (Å²) in [5.74, 6) is -2.08. The number of nitrogens with zero attached hydrogens (tertiary/aromatic N) is 1. The van der Waals surface area contributed by atoms with E-state index in [1.54, 1.807) is 4.90 Å². The smallest absolute Gasteiger partial charge is 0.410 e. The van der Waals surface area contributed by atoms with E-state index in [4.69, 9.17) is 9.47 Å². The topological polar surface area (TPSA) is 38.8 Å². The molecular weight excluding hydrogens is 372 g/mol. The van der Waals surface area contributed by atoms with Gasteiger partial charge in [-0.2, -0.15) is 4.39 Å². The number of ether oxygens (including phenoxy) is 2. The van der Waals surface area contributed by atoms with Crippen molar-refractivity contribution >= 4 is 22.0 Å². The van der Waals surface area contributed by atoms with Crippen molar-refractivity contribution in [1.82, 2.24) is 4.90 Å². The Morgan fingerprint density at radius 1 is 1.22 bits per heavy atom. The van der Waals surface area contributed by atoms with Crippen LogP contribution in [0.3, 0.4) is 0 Å². The zero-order valence-electron chi connectivity index (χ0n) is 13.4. The summed E-state index contributed by atoms with van der Waals surface area (Å²) in [6.45, 7) is 6.35. The van der Waals surface area contributed by atoms with E-state index >= 15 is 0 Å². The number of halogens is 3. The molecule has 1 aromatic rings. The molecule has 0 atom stereocenters. The van der Waals surface area contributed by atoms with Crippen molar-refractivity contribution in [3.8, 4) is 5.75 Å². The Labute approximate surface area is 142 Å². The Balaban J connectivity index is 1.90. The average Bonchev–Trinajstić information content (AvgIpc) is 2.47. The van der Waals surface area contributed by atoms with Crippen LogP contribution in [0.25, 0.3) is 0 Å². The molecule has 7 heteroatoms. The summed E-state index contributed by atoms with van der Waals surface area (Å²) in [6, 6.07) is 2.80. The number of benzene rings is 1. The van der Waals surface area contributed by atoms with Crippen LogP contribution in [0, 0.1) is 11.6 Å². The minimum Gasteiger partial charge on any atom is -0.487 e. The van der Waals surface area contributed by atoms with Crippen molar-refractivity contribution in [3.05, 3.63) is 28.2 Å². The first-order chi connectivity index (χ1) is 10.7. The lowest BCUT2D eigenvalue weighted by Gasteiger charge is -2.33. The molecule has 1 saturated heterocycles. The number of rotatable bonds is 2. The maximum absolute atomic E-state index is 13.8. The van der Waals surface area contributed by atoms with Crippen LogP contribution in [0.2, 0.25) is 0 Å². The van der Waals surface area contributed by atoms with Gasteiger partial charge in [0.2, 0.25) is 5.82 Å². The Morgan fingerprint density at radius 3 is 2.39 bits per heavy atom. The van der Waals surface area contributed by atoms with Gasteiger partial charge in [0.1, 0.15) is 11.7 Å². The fourth-order valence-electron chi connectivity index (χ4n) is 2.26. The van der Waals surface area contributed by atoms with E-state index in [2.05, 4.69) is 15.9 Å². The molecule has 0 bridgehead atoms. The van der Waals surface area contributed by atoms with Gasteiger partial charge in [-0.25, -0.2) is 9.18 Å². The second-order valence-electron chi connectivity index (χ2n) is 6.46. The molecule has 4 nitrogen and oxygen atoms in total. The van der Waals surface area contributed by atoms with Crippen molar-refractivity contribution < 1.29 is 23.0 Å². The van der Waals surface area contributed by atoms with Gasteiger partial charge in [-0.3, -0.25) is 0 Å². The summed E-state index contributed by atoms with van der Waals surface area (Å²) in [5, 5.41) is 0. The second-order valence-corrected chi connectivity index (χ2v) is 7.31. The van der Waals surface area contributed by atoms with Crippen molar-refractivity contribution in [2.75, 3.05) is 13.1 Å². The van der Waals surface area contributed by atoms with E-state index < -0.39 is 17.2 Å². The monoisotopic (exact) mass is 391 g/mol. The molecular formula is C16H20BrF2NO3. The van der Waals surface area contributed by atoms with Crippen molar-refractivity contribution in [3.63, 3.8) is 0 Å². The second kappa shape index (κ2) is 7.03. The van der Waals surface area contributed by atoms with Crippen LogP contribution in [0.1, 0.15) is 33.6 Å². The van der Waals surface area contributed by atoms with Gasteiger partial charge >= 0.3 is 6.09 Å². The maximum atomic E-state index is 13.8. The number of hydrogen-bond donors (Lipinski definition) is 0. The lowest BCUT2D eigenvalue weighted by Crippen LogP contribution is -2.44. The number of amides is 1. The number of carbonyl (C=O) groups is 1. The van der Waals surface area contributed by atoms with E-state index in [9.17, 15) is 13.6 Å². The highest BCUT2D eigenvalue weighted by Gasteiger charge is 2.28. The fourth-order valence-corrected chi connectivity index (χ4v) is 2.57. The predicted molar refractivity (Wildman–Crippen MR) is 85.5 cm³/mol. The van der Waals surface area contributed by atoms with Crippen LogP contribution in [0.15, 0.2) is 16.6 Å². The molecule has 0 aliphatic carbocycles. The molecule has 0 saturated carbocycles. The molecule has 0 spiro atoms. The van der Waals surface area contributed by atoms with Crippen molar-refractivity contribution in [1.29, 1.82) is 0 Å². The summed E-state index contributed by atoms with van der Waals surface area (Å²) in [6.07, 6.45) is 0.452. The normalized spacial score (nSPS) is 16.3. The van der Waals surface area contributed by atoms with E-state index in [-0.39, 0.29) is 22.4 Å². The number of carbonyl (C=O) groups excluding carboxylic acids is 1. The minimum absolute atomic E-state index is 0.0575. The molecule has 0 radical (unpaired) electrons. The fraction of sp³-hybridized carbons (Fsp3) is 0.562. The van der Waals surface area contributed by atoms with Crippen LogP contribution in [-0.2, 0) is 4.74 Å². The van der Waals surface area contributed by atoms with Gasteiger partial charge in [0.05, 0.1) is 4.47 Å². The molecule has 1 aliphatic heterocycles. The zero-order chi connectivity index (χ0) is 17.2. The Hall–Kier alpha value is -1.37. The van der Waals surface area contributed by atoms with Gasteiger partial charge < -0.3 is 14.4 Å². The summed E-state index contributed by atoms with van der Waals surface area (Å²) < 4.78 is 38.2. The molecule has 23 heavy (non-hydrogen) atoms. The Morgan fingerprint density at radius 2 is 1.83 bits per heavy atom. The van der Waals surface area contributed by atoms with Gasteiger partial charge in [0.15, 0.2) is 11.6 Å². The highest BCUT2D eigenvalue weighted by molar-refractivity contribution is 9.10. The van der Waals surface area contributed by atoms with E-state index in [1.807, 2.05) is 20.8 Å². The molecule has 0 unspecified atom stereocenters. The van der Waals surface area contributed by atoms with E-state index in [1.165, 1.54) is 12.1 Å². The average molecular weight is 392 g/mol. The third kappa shape index (κ3) is 4.80. The molecule has 2 rings (SSSR count). The predicted octanol–water partition coefficient (Wildman–Crippen LogP) is 4.51. The van der Waals surface area contributed by atoms with E-state index in [0.717, 1.165) is 0 Å². The van der Waals surface area contributed by atoms with Gasteiger partial charge in [-0.05, 0) is 48.8 Å². The third-order valence-corrected chi connectivity index (χ3v) is 4.00. The first kappa shape index (κ1) is 18.0. The lowest BCUT2D eigenvalue weighted by atomic mass is 10.1. The maximum Gasteiger partial charge on any atom is 0.410 e. The van der Waals surface area contributed by atoms with Crippen LogP contribution in [-0.4, -0.2) is 35.8 Å². The summed E-state index contributed by atoms with van der Waals surface area (Å²) in [4.78, 5) is 13.6. The number of piperidine rings is 1. The Bertz CT molecular complexity index is 581. The highest BCUT2D eigenvalue weighted by Crippen LogP contribution is 2.28. The van der Waals surface area contributed by atoms with Gasteiger partial charge in [-0.15, -0.1) is 0 Å². The van der Waals surface area contributed by atoms with Crippen LogP contribution >= 0.6 is 15.9 Å². The first-order valence-electron chi connectivity index (χ1n) is 7.45. The summed E-state index contributed by atoms with van der Waals surface area (Å²) in [7, 11) is 0. The highest BCUT2D eigenvalue weighted by atomic mass is 79.9. The third-order valence-electron chi connectivity index (χ3n) is 3.39. The molecule has 1 heterocycles. The van der Waals surface area contributed by atoms with Crippen molar-refractivity contribution in [2.45, 2.75) is 45.3 Å². The SMILES string of the molecule is CC(C)(C)OC(=O)N1CCC(Oc2ccc(Br)c(F)c2F)CC1. The quantitative estimate of drug-likeness (QED) is 0.696. The summed E-state index contributed by atoms with van der Waals surface area (Å²) in [5.41, 5.74) is -0.539. The molecule has 1 aliphatic rings. The van der Waals surface area contributed by atoms with Crippen molar-refractivity contribution in [2.24, 2.45) is 0 Å². The lowest BCUT2D eigenvalue weighted by molar-refractivity contribution is 0.0123. The van der Waals surface area contributed by atoms with Gasteiger partial charge in [-0.1, -0.05) is 0 Å². The van der Waals surface area contributed by atoms with Crippen LogP contribution < -0.4 is 4.74 Å². The molecule has 0 N–H and O–H groups in total.